The van der Waals surface area contributed by atoms with E-state index in [9.17, 15) is 13.2 Å². The number of sulfonamides is 1. The molecule has 0 saturated heterocycles. The average molecular weight is 384 g/mol. The number of hydrogen-bond donors (Lipinski definition) is 1. The van der Waals surface area contributed by atoms with E-state index < -0.39 is 10.0 Å². The molecule has 140 valence electrons. The van der Waals surface area contributed by atoms with Crippen molar-refractivity contribution in [3.63, 3.8) is 0 Å². The molecule has 1 heterocycles. The van der Waals surface area contributed by atoms with E-state index in [2.05, 4.69) is 9.82 Å². The zero-order valence-electron chi connectivity index (χ0n) is 15.0. The standard InChI is InChI=1S/C19H20N4O3S/c1-22(2)19(24)16-7-4-9-18(13-16)27(25,26)21-17-8-3-6-15(12-17)14-23-11-5-10-20-23/h3-13,21H,14H2,1-2H3. The van der Waals surface area contributed by atoms with Crippen LogP contribution < -0.4 is 4.72 Å². The molecule has 0 aliphatic rings. The summed E-state index contributed by atoms with van der Waals surface area (Å²) in [6.07, 6.45) is 3.53. The summed E-state index contributed by atoms with van der Waals surface area (Å²) < 4.78 is 29.8. The average Bonchev–Trinajstić information content (AvgIpc) is 3.14. The zero-order valence-corrected chi connectivity index (χ0v) is 15.8. The first-order valence-corrected chi connectivity index (χ1v) is 9.74. The van der Waals surface area contributed by atoms with Gasteiger partial charge in [0.15, 0.2) is 0 Å². The van der Waals surface area contributed by atoms with Crippen LogP contribution in [0.25, 0.3) is 0 Å². The second-order valence-electron chi connectivity index (χ2n) is 6.24. The van der Waals surface area contributed by atoms with Crippen molar-refractivity contribution in [2.24, 2.45) is 0 Å². The van der Waals surface area contributed by atoms with Crippen LogP contribution in [0.3, 0.4) is 0 Å². The van der Waals surface area contributed by atoms with Gasteiger partial charge in [0.05, 0.1) is 11.4 Å². The monoisotopic (exact) mass is 384 g/mol. The minimum Gasteiger partial charge on any atom is -0.345 e. The van der Waals surface area contributed by atoms with Crippen LogP contribution in [0.2, 0.25) is 0 Å². The minimum absolute atomic E-state index is 0.0349. The van der Waals surface area contributed by atoms with Gasteiger partial charge in [-0.25, -0.2) is 8.42 Å². The van der Waals surface area contributed by atoms with Gasteiger partial charge < -0.3 is 4.90 Å². The van der Waals surface area contributed by atoms with Crippen molar-refractivity contribution in [1.29, 1.82) is 0 Å². The predicted molar refractivity (Wildman–Crippen MR) is 103 cm³/mol. The van der Waals surface area contributed by atoms with Crippen molar-refractivity contribution >= 4 is 21.6 Å². The second kappa shape index (κ2) is 7.63. The topological polar surface area (TPSA) is 84.3 Å². The summed E-state index contributed by atoms with van der Waals surface area (Å²) in [4.78, 5) is 13.5. The van der Waals surface area contributed by atoms with E-state index in [0.717, 1.165) is 5.56 Å². The first-order valence-electron chi connectivity index (χ1n) is 8.26. The number of carbonyl (C=O) groups excluding carboxylic acids is 1. The number of anilines is 1. The van der Waals surface area contributed by atoms with E-state index in [0.29, 0.717) is 17.8 Å². The number of rotatable bonds is 6. The van der Waals surface area contributed by atoms with Gasteiger partial charge in [-0.15, -0.1) is 0 Å². The maximum absolute atomic E-state index is 12.7. The van der Waals surface area contributed by atoms with E-state index in [1.165, 1.54) is 17.0 Å². The van der Waals surface area contributed by atoms with Gasteiger partial charge in [0.25, 0.3) is 15.9 Å². The Morgan fingerprint density at radius 1 is 1.11 bits per heavy atom. The quantitative estimate of drug-likeness (QED) is 0.707. The van der Waals surface area contributed by atoms with Crippen molar-refractivity contribution in [3.05, 3.63) is 78.1 Å². The Labute approximate surface area is 158 Å². The lowest BCUT2D eigenvalue weighted by molar-refractivity contribution is 0.0827. The summed E-state index contributed by atoms with van der Waals surface area (Å²) in [5, 5.41) is 4.15. The van der Waals surface area contributed by atoms with Gasteiger partial charge in [0.1, 0.15) is 0 Å². The molecular formula is C19H20N4O3S. The number of nitrogens with zero attached hydrogens (tertiary/aromatic N) is 3. The summed E-state index contributed by atoms with van der Waals surface area (Å²) in [6.45, 7) is 0.537. The first kappa shape index (κ1) is 18.7. The number of amides is 1. The molecule has 0 aliphatic heterocycles. The van der Waals surface area contributed by atoms with Crippen LogP contribution in [0.5, 0.6) is 0 Å². The summed E-state index contributed by atoms with van der Waals surface area (Å²) >= 11 is 0. The lowest BCUT2D eigenvalue weighted by atomic mass is 10.2. The third kappa shape index (κ3) is 4.53. The molecule has 7 nitrogen and oxygen atoms in total. The molecule has 1 aromatic heterocycles. The Morgan fingerprint density at radius 3 is 2.59 bits per heavy atom. The van der Waals surface area contributed by atoms with Gasteiger partial charge >= 0.3 is 0 Å². The molecule has 27 heavy (non-hydrogen) atoms. The summed E-state index contributed by atoms with van der Waals surface area (Å²) in [5.41, 5.74) is 1.68. The minimum atomic E-state index is -3.82. The Morgan fingerprint density at radius 2 is 1.89 bits per heavy atom. The molecule has 0 unspecified atom stereocenters. The van der Waals surface area contributed by atoms with E-state index >= 15 is 0 Å². The number of carbonyl (C=O) groups is 1. The fourth-order valence-corrected chi connectivity index (χ4v) is 3.68. The molecular weight excluding hydrogens is 364 g/mol. The summed E-state index contributed by atoms with van der Waals surface area (Å²) in [5.74, 6) is -0.256. The normalized spacial score (nSPS) is 11.2. The highest BCUT2D eigenvalue weighted by Crippen LogP contribution is 2.19. The summed E-state index contributed by atoms with van der Waals surface area (Å²) in [7, 11) is -0.581. The van der Waals surface area contributed by atoms with E-state index in [4.69, 9.17) is 0 Å². The zero-order chi connectivity index (χ0) is 19.4. The van der Waals surface area contributed by atoms with E-state index in [1.807, 2.05) is 18.3 Å². The van der Waals surface area contributed by atoms with Crippen LogP contribution in [0, 0.1) is 0 Å². The van der Waals surface area contributed by atoms with Crippen molar-refractivity contribution in [2.45, 2.75) is 11.4 Å². The van der Waals surface area contributed by atoms with E-state index in [-0.39, 0.29) is 10.8 Å². The van der Waals surface area contributed by atoms with Crippen LogP contribution in [-0.2, 0) is 16.6 Å². The Kier molecular flexibility index (Phi) is 5.27. The third-order valence-corrected chi connectivity index (χ3v) is 5.26. The smallest absolute Gasteiger partial charge is 0.261 e. The highest BCUT2D eigenvalue weighted by atomic mass is 32.2. The summed E-state index contributed by atoms with van der Waals surface area (Å²) in [6, 6.07) is 14.9. The van der Waals surface area contributed by atoms with Crippen molar-refractivity contribution in [2.75, 3.05) is 18.8 Å². The van der Waals surface area contributed by atoms with Gasteiger partial charge in [-0.05, 0) is 42.0 Å². The van der Waals surface area contributed by atoms with Gasteiger partial charge in [-0.2, -0.15) is 5.10 Å². The van der Waals surface area contributed by atoms with E-state index in [1.54, 1.807) is 55.3 Å². The maximum Gasteiger partial charge on any atom is 0.261 e. The first-order chi connectivity index (χ1) is 12.8. The fraction of sp³-hybridized carbons (Fsp3) is 0.158. The Bertz CT molecular complexity index is 1040. The largest absolute Gasteiger partial charge is 0.345 e. The Balaban J connectivity index is 1.82. The maximum atomic E-state index is 12.7. The van der Waals surface area contributed by atoms with Gasteiger partial charge in [0.2, 0.25) is 0 Å². The molecule has 2 aromatic carbocycles. The molecule has 0 saturated carbocycles. The second-order valence-corrected chi connectivity index (χ2v) is 7.92. The van der Waals surface area contributed by atoms with Crippen LogP contribution >= 0.6 is 0 Å². The molecule has 0 bridgehead atoms. The molecule has 3 aromatic rings. The highest BCUT2D eigenvalue weighted by Gasteiger charge is 2.17. The van der Waals surface area contributed by atoms with Crippen molar-refractivity contribution in [1.82, 2.24) is 14.7 Å². The molecule has 8 heteroatoms. The highest BCUT2D eigenvalue weighted by molar-refractivity contribution is 7.92. The van der Waals surface area contributed by atoms with Gasteiger partial charge in [-0.1, -0.05) is 18.2 Å². The third-order valence-electron chi connectivity index (χ3n) is 3.88. The lowest BCUT2D eigenvalue weighted by Gasteiger charge is -2.13. The molecule has 1 amide bonds. The fourth-order valence-electron chi connectivity index (χ4n) is 2.58. The molecule has 0 radical (unpaired) electrons. The predicted octanol–water partition coefficient (Wildman–Crippen LogP) is 2.43. The molecule has 0 spiro atoms. The van der Waals surface area contributed by atoms with Crippen LogP contribution in [0.1, 0.15) is 15.9 Å². The van der Waals surface area contributed by atoms with Crippen molar-refractivity contribution in [3.8, 4) is 0 Å². The molecule has 0 atom stereocenters. The molecule has 1 N–H and O–H groups in total. The number of aromatic nitrogens is 2. The van der Waals surface area contributed by atoms with Crippen LogP contribution in [0.15, 0.2) is 71.9 Å². The lowest BCUT2D eigenvalue weighted by Crippen LogP contribution is -2.22. The number of benzene rings is 2. The number of nitrogens with one attached hydrogen (secondary N) is 1. The van der Waals surface area contributed by atoms with Crippen LogP contribution in [-0.4, -0.2) is 43.1 Å². The number of hydrogen-bond acceptors (Lipinski definition) is 4. The Hall–Kier alpha value is -3.13. The molecule has 3 rings (SSSR count). The van der Waals surface area contributed by atoms with Crippen LogP contribution in [0.4, 0.5) is 5.69 Å². The van der Waals surface area contributed by atoms with Gasteiger partial charge in [0, 0.05) is 37.7 Å². The van der Waals surface area contributed by atoms with Crippen molar-refractivity contribution < 1.29 is 13.2 Å². The molecule has 0 aliphatic carbocycles. The SMILES string of the molecule is CN(C)C(=O)c1cccc(S(=O)(=O)Nc2cccc(Cn3cccn3)c2)c1. The van der Waals surface area contributed by atoms with Gasteiger partial charge in [-0.3, -0.25) is 14.2 Å². The molecule has 0 fully saturated rings.